The fraction of sp³-hybridized carbons (Fsp3) is 0.0769. The molecule has 1 aromatic heterocycles. The highest BCUT2D eigenvalue weighted by atomic mass is 79.9. The van der Waals surface area contributed by atoms with Crippen LogP contribution in [0.4, 0.5) is 11.5 Å². The average Bonchev–Trinajstić information content (AvgIpc) is 2.36. The number of halogens is 2. The maximum Gasteiger partial charge on any atom is 0.257 e. The summed E-state index contributed by atoms with van der Waals surface area (Å²) in [5, 5.41) is 3.02. The zero-order valence-corrected chi connectivity index (χ0v) is 12.4. The van der Waals surface area contributed by atoms with E-state index < -0.39 is 0 Å². The van der Waals surface area contributed by atoms with Crippen molar-refractivity contribution >= 4 is 44.9 Å². The second kappa shape index (κ2) is 5.59. The van der Waals surface area contributed by atoms with Crippen LogP contribution in [0.2, 0.25) is 5.02 Å². The highest BCUT2D eigenvalue weighted by Crippen LogP contribution is 2.22. The van der Waals surface area contributed by atoms with Gasteiger partial charge in [-0.2, -0.15) is 0 Å². The molecule has 1 amide bonds. The summed E-state index contributed by atoms with van der Waals surface area (Å²) >= 11 is 9.34. The van der Waals surface area contributed by atoms with Crippen LogP contribution in [0.1, 0.15) is 15.9 Å². The number of carbonyl (C=O) groups is 1. The summed E-state index contributed by atoms with van der Waals surface area (Å²) in [5.74, 6) is -0.0745. The third-order valence-electron chi connectivity index (χ3n) is 2.55. The third-order valence-corrected chi connectivity index (χ3v) is 3.71. The van der Waals surface area contributed by atoms with E-state index in [0.717, 1.165) is 10.0 Å². The van der Waals surface area contributed by atoms with Crippen molar-refractivity contribution in [2.24, 2.45) is 0 Å². The van der Waals surface area contributed by atoms with Gasteiger partial charge in [-0.3, -0.25) is 4.79 Å². The van der Waals surface area contributed by atoms with Crippen molar-refractivity contribution in [3.8, 4) is 0 Å². The number of carbonyl (C=O) groups excluding carboxylic acids is 1. The van der Waals surface area contributed by atoms with Crippen molar-refractivity contribution in [2.75, 3.05) is 11.1 Å². The molecule has 0 fully saturated rings. The van der Waals surface area contributed by atoms with E-state index in [9.17, 15) is 4.79 Å². The lowest BCUT2D eigenvalue weighted by Gasteiger charge is -2.08. The normalized spacial score (nSPS) is 10.3. The maximum absolute atomic E-state index is 12.1. The van der Waals surface area contributed by atoms with Crippen molar-refractivity contribution in [2.45, 2.75) is 6.92 Å². The predicted molar refractivity (Wildman–Crippen MR) is 80.5 cm³/mol. The molecule has 0 aliphatic rings. The topological polar surface area (TPSA) is 68.0 Å². The maximum atomic E-state index is 12.1. The zero-order chi connectivity index (χ0) is 14.0. The molecule has 98 valence electrons. The van der Waals surface area contributed by atoms with E-state index in [0.29, 0.717) is 11.3 Å². The summed E-state index contributed by atoms with van der Waals surface area (Å²) in [4.78, 5) is 15.9. The van der Waals surface area contributed by atoms with E-state index in [1.165, 1.54) is 12.3 Å². The van der Waals surface area contributed by atoms with Crippen molar-refractivity contribution < 1.29 is 4.79 Å². The Bertz CT molecular complexity index is 646. The number of nitrogens with two attached hydrogens (primary N) is 1. The molecule has 2 rings (SSSR count). The number of nitrogen functional groups attached to an aromatic ring is 1. The average molecular weight is 341 g/mol. The van der Waals surface area contributed by atoms with Crippen LogP contribution in [0.5, 0.6) is 0 Å². The first-order valence-corrected chi connectivity index (χ1v) is 6.63. The first kappa shape index (κ1) is 13.8. The molecular weight excluding hydrogens is 330 g/mol. The third kappa shape index (κ3) is 3.24. The summed E-state index contributed by atoms with van der Waals surface area (Å²) in [5.41, 5.74) is 7.60. The van der Waals surface area contributed by atoms with Gasteiger partial charge in [-0.25, -0.2) is 4.98 Å². The van der Waals surface area contributed by atoms with E-state index in [2.05, 4.69) is 26.2 Å². The Kier molecular flexibility index (Phi) is 4.07. The van der Waals surface area contributed by atoms with Gasteiger partial charge in [0.25, 0.3) is 5.91 Å². The summed E-state index contributed by atoms with van der Waals surface area (Å²) in [6, 6.07) is 6.99. The molecular formula is C13H11BrClN3O. The molecule has 6 heteroatoms. The lowest BCUT2D eigenvalue weighted by atomic mass is 10.2. The SMILES string of the molecule is Cc1ccc(NC(=O)c2cc(N)ncc2Cl)cc1Br. The fourth-order valence-electron chi connectivity index (χ4n) is 1.50. The molecule has 0 aliphatic heterocycles. The van der Waals surface area contributed by atoms with Gasteiger partial charge in [0.05, 0.1) is 10.6 Å². The standard InChI is InChI=1S/C13H11BrClN3O/c1-7-2-3-8(4-10(7)14)18-13(19)9-5-12(16)17-6-11(9)15/h2-6H,1H3,(H2,16,17)(H,18,19). The van der Waals surface area contributed by atoms with Crippen LogP contribution in [0.25, 0.3) is 0 Å². The number of rotatable bonds is 2. The van der Waals surface area contributed by atoms with Crippen molar-refractivity contribution in [1.82, 2.24) is 4.98 Å². The lowest BCUT2D eigenvalue weighted by Crippen LogP contribution is -2.13. The lowest BCUT2D eigenvalue weighted by molar-refractivity contribution is 0.102. The number of benzene rings is 1. The molecule has 1 heterocycles. The number of hydrogen-bond donors (Lipinski definition) is 2. The fourth-order valence-corrected chi connectivity index (χ4v) is 2.07. The van der Waals surface area contributed by atoms with E-state index >= 15 is 0 Å². The quantitative estimate of drug-likeness (QED) is 0.877. The van der Waals surface area contributed by atoms with Crippen LogP contribution in [0, 0.1) is 6.92 Å². The Morgan fingerprint density at radius 2 is 2.16 bits per heavy atom. The molecule has 0 aliphatic carbocycles. The smallest absolute Gasteiger partial charge is 0.257 e. The van der Waals surface area contributed by atoms with Gasteiger partial charge in [-0.1, -0.05) is 33.6 Å². The summed E-state index contributed by atoms with van der Waals surface area (Å²) in [6.07, 6.45) is 1.36. The van der Waals surface area contributed by atoms with Crippen molar-refractivity contribution in [1.29, 1.82) is 0 Å². The molecule has 0 radical (unpaired) electrons. The minimum Gasteiger partial charge on any atom is -0.384 e. The highest BCUT2D eigenvalue weighted by Gasteiger charge is 2.12. The minimum atomic E-state index is -0.324. The van der Waals surface area contributed by atoms with Gasteiger partial charge < -0.3 is 11.1 Å². The molecule has 0 saturated heterocycles. The summed E-state index contributed by atoms with van der Waals surface area (Å²) in [6.45, 7) is 1.97. The predicted octanol–water partition coefficient (Wildman–Crippen LogP) is 3.64. The van der Waals surface area contributed by atoms with Crippen molar-refractivity contribution in [3.63, 3.8) is 0 Å². The van der Waals surface area contributed by atoms with Crippen LogP contribution in [0.3, 0.4) is 0 Å². The second-order valence-electron chi connectivity index (χ2n) is 4.01. The number of aryl methyl sites for hydroxylation is 1. The van der Waals surface area contributed by atoms with Gasteiger partial charge in [0, 0.05) is 16.4 Å². The molecule has 0 bridgehead atoms. The highest BCUT2D eigenvalue weighted by molar-refractivity contribution is 9.10. The Morgan fingerprint density at radius 1 is 1.42 bits per heavy atom. The Hall–Kier alpha value is -1.59. The molecule has 1 aromatic carbocycles. The Morgan fingerprint density at radius 3 is 2.84 bits per heavy atom. The van der Waals surface area contributed by atoms with Gasteiger partial charge in [-0.05, 0) is 30.7 Å². The van der Waals surface area contributed by atoms with Gasteiger partial charge >= 0.3 is 0 Å². The monoisotopic (exact) mass is 339 g/mol. The molecule has 2 aromatic rings. The molecule has 0 spiro atoms. The molecule has 3 N–H and O–H groups in total. The van der Waals surface area contributed by atoms with E-state index in [4.69, 9.17) is 17.3 Å². The molecule has 0 saturated carbocycles. The van der Waals surface area contributed by atoms with Crippen LogP contribution in [-0.4, -0.2) is 10.9 Å². The summed E-state index contributed by atoms with van der Waals surface area (Å²) in [7, 11) is 0. The van der Waals surface area contributed by atoms with E-state index in [-0.39, 0.29) is 16.7 Å². The van der Waals surface area contributed by atoms with E-state index in [1.54, 1.807) is 0 Å². The second-order valence-corrected chi connectivity index (χ2v) is 5.27. The number of amides is 1. The molecule has 0 atom stereocenters. The molecule has 4 nitrogen and oxygen atoms in total. The number of aromatic nitrogens is 1. The number of hydrogen-bond acceptors (Lipinski definition) is 3. The zero-order valence-electron chi connectivity index (χ0n) is 10.1. The number of nitrogens with zero attached hydrogens (tertiary/aromatic N) is 1. The summed E-state index contributed by atoms with van der Waals surface area (Å²) < 4.78 is 0.922. The van der Waals surface area contributed by atoms with Crippen LogP contribution < -0.4 is 11.1 Å². The van der Waals surface area contributed by atoms with E-state index in [1.807, 2.05) is 25.1 Å². The van der Waals surface area contributed by atoms with Gasteiger partial charge in [-0.15, -0.1) is 0 Å². The Balaban J connectivity index is 2.25. The molecule has 19 heavy (non-hydrogen) atoms. The van der Waals surface area contributed by atoms with Crippen molar-refractivity contribution in [3.05, 3.63) is 51.1 Å². The van der Waals surface area contributed by atoms with Crippen LogP contribution >= 0.6 is 27.5 Å². The van der Waals surface area contributed by atoms with Gasteiger partial charge in [0.1, 0.15) is 5.82 Å². The first-order chi connectivity index (χ1) is 8.97. The Labute approximate surface area is 124 Å². The number of anilines is 2. The van der Waals surface area contributed by atoms with Gasteiger partial charge in [0.15, 0.2) is 0 Å². The first-order valence-electron chi connectivity index (χ1n) is 5.46. The van der Waals surface area contributed by atoms with Gasteiger partial charge in [0.2, 0.25) is 0 Å². The minimum absolute atomic E-state index is 0.250. The molecule has 0 unspecified atom stereocenters. The van der Waals surface area contributed by atoms with Crippen LogP contribution in [0.15, 0.2) is 34.9 Å². The largest absolute Gasteiger partial charge is 0.384 e. The van der Waals surface area contributed by atoms with Crippen LogP contribution in [-0.2, 0) is 0 Å². The number of nitrogens with one attached hydrogen (secondary N) is 1. The number of pyridine rings is 1.